The molecule has 1 atom stereocenters. The normalized spacial score (nSPS) is 20.9. The van der Waals surface area contributed by atoms with Gasteiger partial charge in [-0.3, -0.25) is 0 Å². The maximum Gasteiger partial charge on any atom is 0.110 e. The molecule has 0 amide bonds. The van der Waals surface area contributed by atoms with Crippen molar-refractivity contribution in [2.75, 3.05) is 7.11 Å². The van der Waals surface area contributed by atoms with Crippen LogP contribution in [0.5, 0.6) is 0 Å². The second-order valence-electron chi connectivity index (χ2n) is 7.23. The first-order valence-electron chi connectivity index (χ1n) is 9.03. The third-order valence-electron chi connectivity index (χ3n) is 5.70. The van der Waals surface area contributed by atoms with Crippen LogP contribution in [0, 0.1) is 0 Å². The Hall–Kier alpha value is -2.48. The molecule has 0 saturated carbocycles. The van der Waals surface area contributed by atoms with E-state index in [2.05, 4.69) is 79.3 Å². The second-order valence-corrected chi connectivity index (χ2v) is 7.23. The van der Waals surface area contributed by atoms with Gasteiger partial charge in [-0.05, 0) is 49.0 Å². The van der Waals surface area contributed by atoms with Crippen molar-refractivity contribution in [2.24, 2.45) is 7.05 Å². The summed E-state index contributed by atoms with van der Waals surface area (Å²) < 4.78 is 8.29. The summed E-state index contributed by atoms with van der Waals surface area (Å²) in [5.74, 6) is 1.13. The predicted molar refractivity (Wildman–Crippen MR) is 104 cm³/mol. The van der Waals surface area contributed by atoms with Crippen molar-refractivity contribution < 1.29 is 4.74 Å². The third-order valence-corrected chi connectivity index (χ3v) is 5.70. The summed E-state index contributed by atoms with van der Waals surface area (Å²) in [6.45, 7) is 2.34. The molecule has 1 unspecified atom stereocenters. The summed E-state index contributed by atoms with van der Waals surface area (Å²) in [5, 5.41) is 1.33. The van der Waals surface area contributed by atoms with E-state index in [-0.39, 0.29) is 5.41 Å². The van der Waals surface area contributed by atoms with Crippen molar-refractivity contribution in [3.8, 4) is 0 Å². The molecule has 4 rings (SSSR count). The van der Waals surface area contributed by atoms with Gasteiger partial charge >= 0.3 is 0 Å². The lowest BCUT2D eigenvalue weighted by molar-refractivity contribution is 0.213. The minimum atomic E-state index is -0.0982. The number of hydrogen-bond donors (Lipinski definition) is 0. The number of allylic oxidation sites excluding steroid dienone is 2. The average molecular weight is 331 g/mol. The Morgan fingerprint density at radius 3 is 2.48 bits per heavy atom. The fraction of sp³-hybridized carbons (Fsp3) is 0.304. The first kappa shape index (κ1) is 16.0. The third kappa shape index (κ3) is 2.48. The van der Waals surface area contributed by atoms with Crippen LogP contribution in [0.4, 0.5) is 0 Å². The standard InChI is InChI=1S/C23H25NO/c1-23(20-16-24(2)21-14-8-7-12-19(20)21)15-9-13-18(22(23)25-3)17-10-5-4-6-11-17/h4-8,10-12,14,16H,9,13,15H2,1-3H3. The molecule has 0 bridgehead atoms. The van der Waals surface area contributed by atoms with Crippen molar-refractivity contribution in [1.29, 1.82) is 0 Å². The first-order chi connectivity index (χ1) is 12.1. The summed E-state index contributed by atoms with van der Waals surface area (Å²) in [6.07, 6.45) is 5.66. The quantitative estimate of drug-likeness (QED) is 0.602. The summed E-state index contributed by atoms with van der Waals surface area (Å²) in [7, 11) is 3.96. The number of nitrogens with zero attached hydrogens (tertiary/aromatic N) is 1. The Morgan fingerprint density at radius 1 is 1.00 bits per heavy atom. The number of para-hydroxylation sites is 1. The smallest absolute Gasteiger partial charge is 0.110 e. The minimum Gasteiger partial charge on any atom is -0.500 e. The number of aromatic nitrogens is 1. The Labute approximate surface area is 149 Å². The monoisotopic (exact) mass is 331 g/mol. The summed E-state index contributed by atoms with van der Waals surface area (Å²) >= 11 is 0. The minimum absolute atomic E-state index is 0.0982. The number of hydrogen-bond acceptors (Lipinski definition) is 1. The molecular weight excluding hydrogens is 306 g/mol. The molecule has 1 aromatic heterocycles. The number of fused-ring (bicyclic) bond motifs is 1. The van der Waals surface area contributed by atoms with E-state index in [9.17, 15) is 0 Å². The lowest BCUT2D eigenvalue weighted by Gasteiger charge is -2.37. The van der Waals surface area contributed by atoms with Crippen molar-refractivity contribution >= 4 is 16.5 Å². The van der Waals surface area contributed by atoms with Crippen LogP contribution >= 0.6 is 0 Å². The van der Waals surface area contributed by atoms with Gasteiger partial charge in [0.25, 0.3) is 0 Å². The molecule has 0 aliphatic heterocycles. The van der Waals surface area contributed by atoms with E-state index in [0.717, 1.165) is 18.6 Å². The Morgan fingerprint density at radius 2 is 1.72 bits per heavy atom. The first-order valence-corrected chi connectivity index (χ1v) is 9.03. The molecule has 25 heavy (non-hydrogen) atoms. The Kier molecular flexibility index (Phi) is 3.91. The van der Waals surface area contributed by atoms with Crippen LogP contribution in [0.2, 0.25) is 0 Å². The lowest BCUT2D eigenvalue weighted by atomic mass is 9.70. The zero-order chi connectivity index (χ0) is 17.4. The highest BCUT2D eigenvalue weighted by Crippen LogP contribution is 2.48. The molecule has 0 N–H and O–H groups in total. The van der Waals surface area contributed by atoms with Crippen LogP contribution in [0.1, 0.15) is 37.3 Å². The van der Waals surface area contributed by atoms with Crippen molar-refractivity contribution in [1.82, 2.24) is 4.57 Å². The van der Waals surface area contributed by atoms with Gasteiger partial charge in [-0.2, -0.15) is 0 Å². The molecule has 0 spiro atoms. The van der Waals surface area contributed by atoms with Gasteiger partial charge in [0.15, 0.2) is 0 Å². The molecule has 128 valence electrons. The Balaban J connectivity index is 1.95. The zero-order valence-electron chi connectivity index (χ0n) is 15.3. The highest BCUT2D eigenvalue weighted by atomic mass is 16.5. The van der Waals surface area contributed by atoms with Crippen LogP contribution in [0.3, 0.4) is 0 Å². The van der Waals surface area contributed by atoms with E-state index in [1.54, 1.807) is 0 Å². The number of methoxy groups -OCH3 is 1. The molecule has 1 aliphatic carbocycles. The maximum atomic E-state index is 6.06. The largest absolute Gasteiger partial charge is 0.500 e. The number of rotatable bonds is 3. The van der Waals surface area contributed by atoms with Gasteiger partial charge in [0, 0.05) is 24.1 Å². The zero-order valence-corrected chi connectivity index (χ0v) is 15.3. The van der Waals surface area contributed by atoms with Crippen LogP contribution in [-0.2, 0) is 17.2 Å². The topological polar surface area (TPSA) is 14.2 Å². The number of ether oxygens (including phenoxy) is 1. The van der Waals surface area contributed by atoms with Crippen LogP contribution in [-0.4, -0.2) is 11.7 Å². The van der Waals surface area contributed by atoms with Gasteiger partial charge in [-0.1, -0.05) is 48.5 Å². The highest BCUT2D eigenvalue weighted by molar-refractivity contribution is 5.86. The predicted octanol–water partition coefficient (Wildman–Crippen LogP) is 5.68. The van der Waals surface area contributed by atoms with E-state index in [4.69, 9.17) is 4.74 Å². The van der Waals surface area contributed by atoms with E-state index >= 15 is 0 Å². The molecule has 2 heteroatoms. The molecule has 3 aromatic rings. The van der Waals surface area contributed by atoms with E-state index in [0.29, 0.717) is 0 Å². The van der Waals surface area contributed by atoms with Gasteiger partial charge in [-0.15, -0.1) is 0 Å². The molecule has 1 heterocycles. The van der Waals surface area contributed by atoms with E-state index < -0.39 is 0 Å². The molecule has 2 nitrogen and oxygen atoms in total. The highest BCUT2D eigenvalue weighted by Gasteiger charge is 2.39. The van der Waals surface area contributed by atoms with Crippen LogP contribution in [0.25, 0.3) is 16.5 Å². The SMILES string of the molecule is COC1=C(c2ccccc2)CCCC1(C)c1cn(C)c2ccccc12. The molecule has 1 aliphatic rings. The maximum absolute atomic E-state index is 6.06. The summed E-state index contributed by atoms with van der Waals surface area (Å²) in [6, 6.07) is 19.4. The fourth-order valence-corrected chi connectivity index (χ4v) is 4.48. The van der Waals surface area contributed by atoms with Gasteiger partial charge < -0.3 is 9.30 Å². The van der Waals surface area contributed by atoms with Crippen molar-refractivity contribution in [2.45, 2.75) is 31.6 Å². The molecule has 2 aromatic carbocycles. The van der Waals surface area contributed by atoms with Gasteiger partial charge in [-0.25, -0.2) is 0 Å². The molecular formula is C23H25NO. The van der Waals surface area contributed by atoms with Crippen molar-refractivity contribution in [3.63, 3.8) is 0 Å². The fourth-order valence-electron chi connectivity index (χ4n) is 4.48. The van der Waals surface area contributed by atoms with Gasteiger partial charge in [0.1, 0.15) is 5.76 Å². The summed E-state index contributed by atoms with van der Waals surface area (Å²) in [5.41, 5.74) is 5.19. The van der Waals surface area contributed by atoms with Crippen LogP contribution in [0.15, 0.2) is 66.6 Å². The average Bonchev–Trinajstić information content (AvgIpc) is 3.00. The Bertz CT molecular complexity index is 935. The number of benzene rings is 2. The summed E-state index contributed by atoms with van der Waals surface area (Å²) in [4.78, 5) is 0. The van der Waals surface area contributed by atoms with Gasteiger partial charge in [0.2, 0.25) is 0 Å². The van der Waals surface area contributed by atoms with Crippen molar-refractivity contribution in [3.05, 3.63) is 77.7 Å². The second kappa shape index (κ2) is 6.11. The number of aryl methyl sites for hydroxylation is 1. The van der Waals surface area contributed by atoms with E-state index in [1.807, 2.05) is 7.11 Å². The molecule has 0 radical (unpaired) electrons. The van der Waals surface area contributed by atoms with Crippen LogP contribution < -0.4 is 0 Å². The molecule has 0 saturated heterocycles. The lowest BCUT2D eigenvalue weighted by Crippen LogP contribution is -2.29. The van der Waals surface area contributed by atoms with E-state index in [1.165, 1.54) is 34.0 Å². The van der Waals surface area contributed by atoms with Gasteiger partial charge in [0.05, 0.1) is 12.5 Å². The molecule has 0 fully saturated rings.